The summed E-state index contributed by atoms with van der Waals surface area (Å²) in [6, 6.07) is 21.3. The highest BCUT2D eigenvalue weighted by molar-refractivity contribution is 7.98. The Balaban J connectivity index is 1.56. The van der Waals surface area contributed by atoms with Gasteiger partial charge >= 0.3 is 0 Å². The highest BCUT2D eigenvalue weighted by atomic mass is 32.2. The Morgan fingerprint density at radius 3 is 2.65 bits per heavy atom. The highest BCUT2D eigenvalue weighted by Crippen LogP contribution is 2.46. The molecule has 0 saturated carbocycles. The van der Waals surface area contributed by atoms with Crippen molar-refractivity contribution < 1.29 is 4.74 Å². The second-order valence-electron chi connectivity index (χ2n) is 6.30. The van der Waals surface area contributed by atoms with Crippen LogP contribution in [0.1, 0.15) is 28.3 Å². The van der Waals surface area contributed by atoms with Gasteiger partial charge in [0.25, 0.3) is 0 Å². The van der Waals surface area contributed by atoms with Gasteiger partial charge in [-0.2, -0.15) is 5.01 Å². The van der Waals surface area contributed by atoms with E-state index in [2.05, 4.69) is 82.7 Å². The molecule has 1 aromatic heterocycles. The number of nitrogens with zero attached hydrogens (tertiary/aromatic N) is 1. The predicted octanol–water partition coefficient (Wildman–Crippen LogP) is 5.46. The summed E-state index contributed by atoms with van der Waals surface area (Å²) in [6.45, 7) is 0. The van der Waals surface area contributed by atoms with Gasteiger partial charge in [-0.05, 0) is 42.0 Å². The van der Waals surface area contributed by atoms with Gasteiger partial charge in [-0.3, -0.25) is 0 Å². The number of hydrazine groups is 1. The van der Waals surface area contributed by atoms with Gasteiger partial charge in [-0.1, -0.05) is 36.4 Å². The third kappa shape index (κ3) is 2.63. The van der Waals surface area contributed by atoms with Crippen LogP contribution in [0.3, 0.4) is 0 Å². The Morgan fingerprint density at radius 1 is 1.04 bits per heavy atom. The lowest BCUT2D eigenvalue weighted by Crippen LogP contribution is -2.42. The molecule has 3 aromatic rings. The van der Waals surface area contributed by atoms with Crippen LogP contribution < -0.4 is 10.2 Å². The van der Waals surface area contributed by atoms with Gasteiger partial charge < -0.3 is 10.2 Å². The van der Waals surface area contributed by atoms with Crippen molar-refractivity contribution >= 4 is 28.8 Å². The maximum Gasteiger partial charge on any atom is 0.195 e. The number of rotatable bonds is 3. The van der Waals surface area contributed by atoms with Gasteiger partial charge in [0.05, 0.1) is 16.6 Å². The minimum atomic E-state index is -0.167. The van der Waals surface area contributed by atoms with E-state index < -0.39 is 0 Å². The lowest BCUT2D eigenvalue weighted by Gasteiger charge is -2.38. The normalized spacial score (nSPS) is 21.3. The fourth-order valence-electron chi connectivity index (χ4n) is 3.50. The maximum atomic E-state index is 6.40. The molecule has 3 heterocycles. The van der Waals surface area contributed by atoms with E-state index in [4.69, 9.17) is 4.74 Å². The number of hydrogen-bond acceptors (Lipinski definition) is 5. The minimum absolute atomic E-state index is 0.155. The summed E-state index contributed by atoms with van der Waals surface area (Å²) in [6.07, 6.45) is 4.23. The molecule has 2 atom stereocenters. The first-order valence-electron chi connectivity index (χ1n) is 8.54. The number of thioether (sulfide) groups is 1. The smallest absolute Gasteiger partial charge is 0.195 e. The van der Waals surface area contributed by atoms with Crippen LogP contribution in [0.4, 0.5) is 0 Å². The van der Waals surface area contributed by atoms with Crippen molar-refractivity contribution in [2.45, 2.75) is 17.2 Å². The fraction of sp³-hybridized carbons (Fsp3) is 0.143. The molecule has 5 rings (SSSR count). The Kier molecular flexibility index (Phi) is 4.00. The second-order valence-corrected chi connectivity index (χ2v) is 8.13. The van der Waals surface area contributed by atoms with Gasteiger partial charge in [0.2, 0.25) is 0 Å². The number of hydrogen-bond donors (Lipinski definition) is 1. The molecular formula is C21H18N2OS2. The summed E-state index contributed by atoms with van der Waals surface area (Å²) in [5, 5.41) is 4.32. The van der Waals surface area contributed by atoms with Crippen molar-refractivity contribution in [2.75, 3.05) is 6.26 Å². The Morgan fingerprint density at radius 2 is 1.88 bits per heavy atom. The van der Waals surface area contributed by atoms with Crippen LogP contribution in [0.2, 0.25) is 0 Å². The largest absolute Gasteiger partial charge is 0.469 e. The molecule has 2 aliphatic heterocycles. The van der Waals surface area contributed by atoms with Crippen molar-refractivity contribution in [1.82, 2.24) is 10.4 Å². The fourth-order valence-corrected chi connectivity index (χ4v) is 4.61. The zero-order valence-corrected chi connectivity index (χ0v) is 15.9. The zero-order valence-electron chi connectivity index (χ0n) is 14.3. The quantitative estimate of drug-likeness (QED) is 0.611. The molecule has 0 bridgehead atoms. The summed E-state index contributed by atoms with van der Waals surface area (Å²) in [5.74, 6) is 0.957. The summed E-state index contributed by atoms with van der Waals surface area (Å²) < 4.78 is 6.40. The number of benzene rings is 2. The van der Waals surface area contributed by atoms with E-state index >= 15 is 0 Å². The molecule has 3 nitrogen and oxygen atoms in total. The molecule has 5 heteroatoms. The molecule has 0 fully saturated rings. The molecule has 2 aliphatic rings. The van der Waals surface area contributed by atoms with E-state index in [1.165, 1.54) is 15.3 Å². The first-order chi connectivity index (χ1) is 12.8. The zero-order chi connectivity index (χ0) is 17.5. The van der Waals surface area contributed by atoms with E-state index in [1.807, 2.05) is 6.07 Å². The third-order valence-electron chi connectivity index (χ3n) is 4.79. The van der Waals surface area contributed by atoms with Crippen LogP contribution in [0.25, 0.3) is 5.70 Å². The van der Waals surface area contributed by atoms with Crippen LogP contribution in [-0.2, 0) is 0 Å². The molecule has 26 heavy (non-hydrogen) atoms. The molecule has 2 aromatic carbocycles. The lowest BCUT2D eigenvalue weighted by molar-refractivity contribution is -0.0326. The first kappa shape index (κ1) is 16.0. The van der Waals surface area contributed by atoms with Gasteiger partial charge in [0.1, 0.15) is 5.75 Å². The van der Waals surface area contributed by atoms with Crippen LogP contribution >= 0.6 is 23.1 Å². The SMILES string of the molecule is CSc1ccc([C@@H]2Oc3ccccc3[C@@H]3C=C(c4cccs4)NN32)cc1. The first-order valence-corrected chi connectivity index (χ1v) is 10.6. The Bertz CT molecular complexity index is 950. The minimum Gasteiger partial charge on any atom is -0.469 e. The molecule has 0 radical (unpaired) electrons. The average Bonchev–Trinajstić information content (AvgIpc) is 3.37. The molecular weight excluding hydrogens is 360 g/mol. The number of para-hydroxylation sites is 1. The number of ether oxygens (including phenoxy) is 1. The van der Waals surface area contributed by atoms with E-state index in [0.29, 0.717) is 0 Å². The van der Waals surface area contributed by atoms with Gasteiger partial charge in [0, 0.05) is 16.0 Å². The monoisotopic (exact) mass is 378 g/mol. The third-order valence-corrected chi connectivity index (χ3v) is 6.44. The van der Waals surface area contributed by atoms with Crippen LogP contribution in [0, 0.1) is 0 Å². The van der Waals surface area contributed by atoms with E-state index in [1.54, 1.807) is 23.1 Å². The summed E-state index contributed by atoms with van der Waals surface area (Å²) in [5.41, 5.74) is 7.08. The summed E-state index contributed by atoms with van der Waals surface area (Å²) in [7, 11) is 0. The molecule has 0 saturated heterocycles. The second kappa shape index (κ2) is 6.50. The van der Waals surface area contributed by atoms with Gasteiger partial charge in [-0.15, -0.1) is 23.1 Å². The van der Waals surface area contributed by atoms with E-state index in [0.717, 1.165) is 17.0 Å². The number of fused-ring (bicyclic) bond motifs is 3. The van der Waals surface area contributed by atoms with Crippen molar-refractivity contribution in [3.63, 3.8) is 0 Å². The van der Waals surface area contributed by atoms with Crippen molar-refractivity contribution in [3.05, 3.63) is 88.1 Å². The highest BCUT2D eigenvalue weighted by Gasteiger charge is 2.40. The van der Waals surface area contributed by atoms with Gasteiger partial charge in [-0.25, -0.2) is 0 Å². The molecule has 130 valence electrons. The molecule has 0 amide bonds. The molecule has 1 N–H and O–H groups in total. The number of thiophene rings is 1. The van der Waals surface area contributed by atoms with Gasteiger partial charge in [0.15, 0.2) is 6.23 Å². The standard InChI is InChI=1S/C21H18N2OS2/c1-25-15-10-8-14(9-11-15)21-23-18(16-5-2-3-6-19(16)24-21)13-17(22-23)20-7-4-12-26-20/h2-13,18,21-22H,1H3/t18-,21-/m0/s1. The maximum absolute atomic E-state index is 6.40. The molecule has 0 spiro atoms. The van der Waals surface area contributed by atoms with Crippen molar-refractivity contribution in [3.8, 4) is 5.75 Å². The average molecular weight is 379 g/mol. The molecule has 0 aliphatic carbocycles. The van der Waals surface area contributed by atoms with Crippen molar-refractivity contribution in [1.29, 1.82) is 0 Å². The Labute approximate surface area is 161 Å². The van der Waals surface area contributed by atoms with Crippen LogP contribution in [0.5, 0.6) is 5.75 Å². The van der Waals surface area contributed by atoms with Crippen molar-refractivity contribution in [2.24, 2.45) is 0 Å². The van der Waals surface area contributed by atoms with Crippen LogP contribution in [-0.4, -0.2) is 11.3 Å². The van der Waals surface area contributed by atoms with Crippen LogP contribution in [0.15, 0.2) is 77.0 Å². The predicted molar refractivity (Wildman–Crippen MR) is 108 cm³/mol. The number of nitrogens with one attached hydrogen (secondary N) is 1. The topological polar surface area (TPSA) is 24.5 Å². The van der Waals surface area contributed by atoms with E-state index in [9.17, 15) is 0 Å². The summed E-state index contributed by atoms with van der Waals surface area (Å²) in [4.78, 5) is 2.50. The lowest BCUT2D eigenvalue weighted by atomic mass is 10.0. The molecule has 0 unspecified atom stereocenters. The summed E-state index contributed by atoms with van der Waals surface area (Å²) >= 11 is 3.50. The Hall–Kier alpha value is -2.21. The van der Waals surface area contributed by atoms with E-state index in [-0.39, 0.29) is 12.3 Å².